The zero-order valence-corrected chi connectivity index (χ0v) is 10.5. The molecule has 0 amide bonds. The molecule has 3 aliphatic rings. The van der Waals surface area contributed by atoms with E-state index in [0.29, 0.717) is 0 Å². The molecule has 1 N–H and O–H groups in total. The second kappa shape index (κ2) is 5.08. The number of aliphatic hydroxyl groups is 2. The van der Waals surface area contributed by atoms with Crippen molar-refractivity contribution in [2.45, 2.75) is 82.8 Å². The normalized spacial score (nSPS) is 41.6. The van der Waals surface area contributed by atoms with Crippen LogP contribution in [0.1, 0.15) is 70.6 Å². The van der Waals surface area contributed by atoms with Crippen LogP contribution in [0.4, 0.5) is 0 Å². The molecule has 0 aromatic rings. The maximum atomic E-state index is 5.23. The summed E-state index contributed by atoms with van der Waals surface area (Å²) in [6, 6.07) is 0. The van der Waals surface area contributed by atoms with Gasteiger partial charge < -0.3 is 4.74 Å². The molecule has 1 saturated heterocycles. The molecule has 0 aromatic heterocycles. The van der Waals surface area contributed by atoms with Crippen molar-refractivity contribution < 1.29 is 4.74 Å². The van der Waals surface area contributed by atoms with Crippen LogP contribution in [-0.2, 0) is 0 Å². The first kappa shape index (κ1) is 11.1. The molecule has 0 aromatic carbocycles. The third kappa shape index (κ3) is 2.30. The molecule has 1 nitrogen and oxygen atoms in total. The average molecular weight is 223 g/mol. The molecule has 0 spiro atoms. The Labute approximate surface area is 99.9 Å². The predicted molar refractivity (Wildman–Crippen MR) is 67.6 cm³/mol. The fourth-order valence-corrected chi connectivity index (χ4v) is 4.30. The molecule has 0 bridgehead atoms. The van der Waals surface area contributed by atoms with Crippen LogP contribution in [0.3, 0.4) is 0 Å². The van der Waals surface area contributed by atoms with Crippen LogP contribution in [0.25, 0.3) is 0 Å². The van der Waals surface area contributed by atoms with Crippen LogP contribution in [0.15, 0.2) is 0 Å². The maximum absolute atomic E-state index is 5.23. The van der Waals surface area contributed by atoms with E-state index in [1.54, 1.807) is 0 Å². The molecular formula is C15H27O+. The first-order valence-corrected chi connectivity index (χ1v) is 7.63. The summed E-state index contributed by atoms with van der Waals surface area (Å²) in [5.74, 6) is 1.95. The van der Waals surface area contributed by atoms with Gasteiger partial charge in [-0.25, -0.2) is 0 Å². The van der Waals surface area contributed by atoms with Gasteiger partial charge in [0, 0.05) is 24.7 Å². The second-order valence-corrected chi connectivity index (χ2v) is 6.30. The topological polar surface area (TPSA) is 12.8 Å². The van der Waals surface area contributed by atoms with Crippen LogP contribution < -0.4 is 0 Å². The molecule has 16 heavy (non-hydrogen) atoms. The quantitative estimate of drug-likeness (QED) is 0.600. The number of ether oxygens (including phenoxy) is 1. The van der Waals surface area contributed by atoms with Crippen LogP contribution in [0, 0.1) is 11.8 Å². The Morgan fingerprint density at radius 1 is 0.500 bits per heavy atom. The molecule has 3 fully saturated rings. The minimum Gasteiger partial charge on any atom is -0.429 e. The van der Waals surface area contributed by atoms with Crippen LogP contribution in [0.5, 0.6) is 0 Å². The lowest BCUT2D eigenvalue weighted by Crippen LogP contribution is -2.44. The summed E-state index contributed by atoms with van der Waals surface area (Å²) in [7, 11) is 0. The average Bonchev–Trinajstić information content (AvgIpc) is 2.39. The number of rotatable bonds is 1. The summed E-state index contributed by atoms with van der Waals surface area (Å²) in [6.45, 7) is 0. The van der Waals surface area contributed by atoms with Crippen molar-refractivity contribution in [1.82, 2.24) is 0 Å². The highest BCUT2D eigenvalue weighted by Crippen LogP contribution is 2.39. The Kier molecular flexibility index (Phi) is 3.51. The molecule has 3 atom stereocenters. The fraction of sp³-hybridized carbons (Fsp3) is 1.00. The van der Waals surface area contributed by atoms with Gasteiger partial charge in [-0.3, -0.25) is 0 Å². The molecule has 3 unspecified atom stereocenters. The third-order valence-corrected chi connectivity index (χ3v) is 5.28. The molecule has 0 radical (unpaired) electrons. The Morgan fingerprint density at radius 3 is 1.88 bits per heavy atom. The Bertz CT molecular complexity index is 217. The first-order valence-electron chi connectivity index (χ1n) is 7.63. The van der Waals surface area contributed by atoms with Gasteiger partial charge in [-0.05, 0) is 32.1 Å². The van der Waals surface area contributed by atoms with E-state index in [9.17, 15) is 0 Å². The number of fused-ring (bicyclic) bond motifs is 1. The van der Waals surface area contributed by atoms with E-state index in [0.717, 1.165) is 24.0 Å². The highest BCUT2D eigenvalue weighted by molar-refractivity contribution is 4.84. The molecule has 2 aliphatic carbocycles. The lowest BCUT2D eigenvalue weighted by atomic mass is 9.76. The molecule has 1 heteroatoms. The molecule has 1 heterocycles. The lowest BCUT2D eigenvalue weighted by molar-refractivity contribution is -0.239. The maximum Gasteiger partial charge on any atom is 0.157 e. The van der Waals surface area contributed by atoms with Crippen LogP contribution in [-0.4, -0.2) is 16.9 Å². The smallest absolute Gasteiger partial charge is 0.157 e. The van der Waals surface area contributed by atoms with E-state index >= 15 is 0 Å². The standard InChI is InChI=1S/C15H26O/c1-2-6-12(7-3-1)15-11-10-13-8-4-5-9-14(13)16-15/h12-15H,1-11H2/p+1. The second-order valence-electron chi connectivity index (χ2n) is 6.30. The van der Waals surface area contributed by atoms with Gasteiger partial charge in [-0.2, -0.15) is 0 Å². The molecule has 3 rings (SSSR count). The van der Waals surface area contributed by atoms with E-state index in [2.05, 4.69) is 0 Å². The van der Waals surface area contributed by atoms with Crippen molar-refractivity contribution in [3.63, 3.8) is 0 Å². The Morgan fingerprint density at radius 2 is 1.06 bits per heavy atom. The van der Waals surface area contributed by atoms with Crippen LogP contribution >= 0.6 is 0 Å². The van der Waals surface area contributed by atoms with E-state index in [-0.39, 0.29) is 0 Å². The van der Waals surface area contributed by atoms with Crippen molar-refractivity contribution in [3.8, 4) is 0 Å². The molecule has 92 valence electrons. The van der Waals surface area contributed by atoms with Crippen molar-refractivity contribution in [3.05, 3.63) is 0 Å². The SMILES string of the molecule is C1CCC(C2CCC3CCCCC3[OH+]2)CC1. The molecule has 2 saturated carbocycles. The summed E-state index contributed by atoms with van der Waals surface area (Å²) >= 11 is 0. The van der Waals surface area contributed by atoms with E-state index in [1.165, 1.54) is 70.6 Å². The summed E-state index contributed by atoms with van der Waals surface area (Å²) in [4.78, 5) is 0. The lowest BCUT2D eigenvalue weighted by Gasteiger charge is -2.39. The largest absolute Gasteiger partial charge is 0.429 e. The summed E-state index contributed by atoms with van der Waals surface area (Å²) < 4.78 is 5.23. The van der Waals surface area contributed by atoms with Gasteiger partial charge >= 0.3 is 0 Å². The molecular weight excluding hydrogens is 196 g/mol. The zero-order chi connectivity index (χ0) is 10.8. The van der Waals surface area contributed by atoms with Gasteiger partial charge in [-0.15, -0.1) is 0 Å². The monoisotopic (exact) mass is 223 g/mol. The van der Waals surface area contributed by atoms with E-state index in [4.69, 9.17) is 4.74 Å². The minimum absolute atomic E-state index is 0.764. The third-order valence-electron chi connectivity index (χ3n) is 5.28. The molecule has 1 aliphatic heterocycles. The van der Waals surface area contributed by atoms with Gasteiger partial charge in [0.1, 0.15) is 0 Å². The van der Waals surface area contributed by atoms with Gasteiger partial charge in [0.05, 0.1) is 0 Å². The van der Waals surface area contributed by atoms with Gasteiger partial charge in [0.2, 0.25) is 0 Å². The van der Waals surface area contributed by atoms with Crippen molar-refractivity contribution in [2.24, 2.45) is 11.8 Å². The van der Waals surface area contributed by atoms with Crippen molar-refractivity contribution >= 4 is 0 Å². The zero-order valence-electron chi connectivity index (χ0n) is 10.5. The van der Waals surface area contributed by atoms with Crippen molar-refractivity contribution in [2.75, 3.05) is 0 Å². The number of hydrogen-bond donors (Lipinski definition) is 0. The summed E-state index contributed by atoms with van der Waals surface area (Å²) in [6.07, 6.45) is 17.7. The Balaban J connectivity index is 1.57. The highest BCUT2D eigenvalue weighted by Gasteiger charge is 2.40. The van der Waals surface area contributed by atoms with Crippen molar-refractivity contribution in [1.29, 1.82) is 0 Å². The van der Waals surface area contributed by atoms with E-state index < -0.39 is 0 Å². The Hall–Kier alpha value is -0.0400. The van der Waals surface area contributed by atoms with Crippen LogP contribution in [0.2, 0.25) is 0 Å². The van der Waals surface area contributed by atoms with Gasteiger partial charge in [-0.1, -0.05) is 25.7 Å². The number of hydrogen-bond acceptors (Lipinski definition) is 0. The predicted octanol–water partition coefficient (Wildman–Crippen LogP) is 3.82. The van der Waals surface area contributed by atoms with E-state index in [1.807, 2.05) is 0 Å². The fourth-order valence-electron chi connectivity index (χ4n) is 4.30. The first-order chi connectivity index (χ1) is 7.93. The summed E-state index contributed by atoms with van der Waals surface area (Å²) in [5, 5.41) is 0. The minimum atomic E-state index is 0.764. The summed E-state index contributed by atoms with van der Waals surface area (Å²) in [5.41, 5.74) is 0. The highest BCUT2D eigenvalue weighted by atomic mass is 16.5. The van der Waals surface area contributed by atoms with Gasteiger partial charge in [0.25, 0.3) is 0 Å². The van der Waals surface area contributed by atoms with Gasteiger partial charge in [0.15, 0.2) is 12.2 Å².